The molecule has 1 spiro atoms. The lowest BCUT2D eigenvalue weighted by Gasteiger charge is -2.43. The monoisotopic (exact) mass is 508 g/mol. The Kier molecular flexibility index (Phi) is 6.55. The molecule has 2 saturated heterocycles. The normalized spacial score (nSPS) is 17.1. The number of hydrogen-bond donors (Lipinski definition) is 2. The maximum atomic E-state index is 14.3. The van der Waals surface area contributed by atoms with Crippen LogP contribution >= 0.6 is 0 Å². The number of nitrogens with one attached hydrogen (secondary N) is 1. The molecule has 2 aliphatic rings. The summed E-state index contributed by atoms with van der Waals surface area (Å²) < 4.78 is 19.9. The third-order valence-corrected chi connectivity index (χ3v) is 7.50. The largest absolute Gasteiger partial charge is 0.480 e. The minimum atomic E-state index is -0.583. The number of nitrogens with zero attached hydrogens (tertiary/aromatic N) is 5. The van der Waals surface area contributed by atoms with Gasteiger partial charge in [-0.05, 0) is 49.1 Å². The molecule has 3 amide bonds. The Balaban J connectivity index is 1.49. The number of urea groups is 1. The number of H-pyrrole nitrogens is 1. The van der Waals surface area contributed by atoms with Crippen LogP contribution in [0.25, 0.3) is 11.1 Å². The van der Waals surface area contributed by atoms with Crippen molar-refractivity contribution >= 4 is 17.8 Å². The number of piperidine rings is 1. The number of hydrogen-bond acceptors (Lipinski definition) is 6. The van der Waals surface area contributed by atoms with Gasteiger partial charge in [0.1, 0.15) is 18.2 Å². The predicted molar refractivity (Wildman–Crippen MR) is 133 cm³/mol. The van der Waals surface area contributed by atoms with E-state index in [9.17, 15) is 19.1 Å². The van der Waals surface area contributed by atoms with Gasteiger partial charge in [0.25, 0.3) is 0 Å². The van der Waals surface area contributed by atoms with Gasteiger partial charge >= 0.3 is 6.03 Å². The molecule has 0 bridgehead atoms. The van der Waals surface area contributed by atoms with Crippen LogP contribution in [0.5, 0.6) is 5.88 Å². The molecule has 4 heterocycles. The highest BCUT2D eigenvalue weighted by Crippen LogP contribution is 2.40. The second-order valence-electron chi connectivity index (χ2n) is 9.46. The van der Waals surface area contributed by atoms with Crippen molar-refractivity contribution in [3.8, 4) is 17.0 Å². The Hall–Kier alpha value is -3.99. The first-order valence-corrected chi connectivity index (χ1v) is 12.1. The summed E-state index contributed by atoms with van der Waals surface area (Å²) in [6.07, 6.45) is 4.46. The number of halogens is 1. The molecule has 0 atom stereocenters. The summed E-state index contributed by atoms with van der Waals surface area (Å²) in [6, 6.07) is 8.26. The van der Waals surface area contributed by atoms with Crippen LogP contribution in [0.2, 0.25) is 0 Å². The van der Waals surface area contributed by atoms with Crippen LogP contribution in [0.1, 0.15) is 24.0 Å². The molecule has 5 rings (SSSR count). The number of rotatable bonds is 6. The average Bonchev–Trinajstić information content (AvgIpc) is 3.54. The zero-order valence-corrected chi connectivity index (χ0v) is 20.8. The highest BCUT2D eigenvalue weighted by Gasteiger charge is 2.52. The molecule has 0 radical (unpaired) electrons. The minimum Gasteiger partial charge on any atom is -0.480 e. The second kappa shape index (κ2) is 9.81. The van der Waals surface area contributed by atoms with Crippen LogP contribution < -0.4 is 9.64 Å². The SMILES string of the molecule is COc1nc(N2CC3(CCN(C(=O)CO)CC3)N(Cc3cccc(F)c3C)C2=O)ccc1-c1cn[nH]c1. The number of carbonyl (C=O) groups is 2. The predicted octanol–water partition coefficient (Wildman–Crippen LogP) is 2.72. The highest BCUT2D eigenvalue weighted by molar-refractivity contribution is 5.95. The summed E-state index contributed by atoms with van der Waals surface area (Å²) in [4.78, 5) is 35.7. The van der Waals surface area contributed by atoms with E-state index in [1.165, 1.54) is 13.2 Å². The maximum Gasteiger partial charge on any atom is 0.326 e. The number of anilines is 1. The molecule has 0 saturated carbocycles. The molecular weight excluding hydrogens is 479 g/mol. The van der Waals surface area contributed by atoms with Gasteiger partial charge in [0, 0.05) is 37.0 Å². The summed E-state index contributed by atoms with van der Waals surface area (Å²) in [5, 5.41) is 16.0. The van der Waals surface area contributed by atoms with Crippen LogP contribution in [0, 0.1) is 12.7 Å². The topological polar surface area (TPSA) is 115 Å². The Bertz CT molecular complexity index is 1310. The van der Waals surface area contributed by atoms with E-state index in [1.54, 1.807) is 46.1 Å². The molecule has 3 aromatic rings. The third kappa shape index (κ3) is 4.39. The van der Waals surface area contributed by atoms with E-state index in [-0.39, 0.29) is 24.3 Å². The molecule has 0 unspecified atom stereocenters. The van der Waals surface area contributed by atoms with Crippen LogP contribution in [-0.2, 0) is 11.3 Å². The first kappa shape index (κ1) is 24.7. The fourth-order valence-corrected chi connectivity index (χ4v) is 5.26. The lowest BCUT2D eigenvalue weighted by molar-refractivity contribution is -0.136. The fourth-order valence-electron chi connectivity index (χ4n) is 5.26. The van der Waals surface area contributed by atoms with Gasteiger partial charge in [-0.15, -0.1) is 0 Å². The van der Waals surface area contributed by atoms with Gasteiger partial charge in [0.15, 0.2) is 0 Å². The maximum absolute atomic E-state index is 14.3. The second-order valence-corrected chi connectivity index (χ2v) is 9.46. The molecule has 2 fully saturated rings. The van der Waals surface area contributed by atoms with E-state index < -0.39 is 12.1 Å². The molecule has 37 heavy (non-hydrogen) atoms. The van der Waals surface area contributed by atoms with E-state index in [0.29, 0.717) is 49.7 Å². The van der Waals surface area contributed by atoms with Gasteiger partial charge in [-0.25, -0.2) is 9.18 Å². The molecule has 1 aromatic carbocycles. The summed E-state index contributed by atoms with van der Waals surface area (Å²) in [7, 11) is 1.52. The number of carbonyl (C=O) groups excluding carboxylic acids is 2. The van der Waals surface area contributed by atoms with Crippen LogP contribution in [0.4, 0.5) is 15.0 Å². The van der Waals surface area contributed by atoms with Crippen molar-refractivity contribution in [3.05, 3.63) is 59.7 Å². The number of aliphatic hydroxyl groups is 1. The van der Waals surface area contributed by atoms with Gasteiger partial charge in [0.05, 0.1) is 25.4 Å². The van der Waals surface area contributed by atoms with Crippen LogP contribution in [0.3, 0.4) is 0 Å². The van der Waals surface area contributed by atoms with Gasteiger partial charge in [-0.3, -0.25) is 14.8 Å². The smallest absolute Gasteiger partial charge is 0.326 e. The summed E-state index contributed by atoms with van der Waals surface area (Å²) in [5.41, 5.74) is 2.19. The van der Waals surface area contributed by atoms with Crippen molar-refractivity contribution in [2.24, 2.45) is 0 Å². The van der Waals surface area contributed by atoms with Crippen molar-refractivity contribution in [2.45, 2.75) is 31.8 Å². The number of aliphatic hydroxyl groups excluding tert-OH is 1. The number of amides is 3. The van der Waals surface area contributed by atoms with Gasteiger partial charge in [-0.1, -0.05) is 12.1 Å². The van der Waals surface area contributed by atoms with Crippen LogP contribution in [0.15, 0.2) is 42.7 Å². The van der Waals surface area contributed by atoms with Crippen molar-refractivity contribution in [1.82, 2.24) is 25.0 Å². The Labute approximate surface area is 213 Å². The first-order valence-electron chi connectivity index (χ1n) is 12.1. The van der Waals surface area contributed by atoms with Gasteiger partial charge in [-0.2, -0.15) is 10.1 Å². The van der Waals surface area contributed by atoms with Crippen molar-refractivity contribution < 1.29 is 23.8 Å². The van der Waals surface area contributed by atoms with Gasteiger partial charge < -0.3 is 19.6 Å². The van der Waals surface area contributed by atoms with Gasteiger partial charge in [0.2, 0.25) is 11.8 Å². The Morgan fingerprint density at radius 2 is 2.03 bits per heavy atom. The lowest BCUT2D eigenvalue weighted by Crippen LogP contribution is -2.55. The lowest BCUT2D eigenvalue weighted by atomic mass is 9.86. The quantitative estimate of drug-likeness (QED) is 0.529. The number of ether oxygens (including phenoxy) is 1. The molecule has 2 aliphatic heterocycles. The number of likely N-dealkylation sites (tertiary alicyclic amines) is 1. The summed E-state index contributed by atoms with van der Waals surface area (Å²) in [6.45, 7) is 2.58. The van der Waals surface area contributed by atoms with E-state index >= 15 is 0 Å². The molecule has 10 nitrogen and oxygen atoms in total. The summed E-state index contributed by atoms with van der Waals surface area (Å²) in [5.74, 6) is 0.161. The zero-order chi connectivity index (χ0) is 26.2. The van der Waals surface area contributed by atoms with E-state index in [0.717, 1.165) is 16.7 Å². The number of benzene rings is 1. The van der Waals surface area contributed by atoms with Crippen LogP contribution in [-0.4, -0.2) is 80.9 Å². The molecule has 2 N–H and O–H groups in total. The van der Waals surface area contributed by atoms with Crippen molar-refractivity contribution in [2.75, 3.05) is 38.3 Å². The molecule has 2 aromatic heterocycles. The highest BCUT2D eigenvalue weighted by atomic mass is 19.1. The zero-order valence-electron chi connectivity index (χ0n) is 20.8. The van der Waals surface area contributed by atoms with E-state index in [1.807, 2.05) is 12.1 Å². The molecule has 194 valence electrons. The van der Waals surface area contributed by atoms with E-state index in [4.69, 9.17) is 4.74 Å². The Morgan fingerprint density at radius 3 is 2.70 bits per heavy atom. The number of methoxy groups -OCH3 is 1. The van der Waals surface area contributed by atoms with E-state index in [2.05, 4.69) is 15.2 Å². The molecule has 0 aliphatic carbocycles. The number of pyridine rings is 1. The standard InChI is InChI=1S/C26H29FN6O4/c1-17-18(4-3-5-21(17)27)14-33-25(36)32(16-26(33)8-10-31(11-9-26)23(35)15-34)22-7-6-20(24(30-22)37-2)19-12-28-29-13-19/h3-7,12-13,34H,8-11,14-16H2,1-2H3,(H,28,29). The third-order valence-electron chi connectivity index (χ3n) is 7.50. The molecule has 11 heteroatoms. The first-order chi connectivity index (χ1) is 17.9. The number of aromatic nitrogens is 3. The number of aromatic amines is 1. The summed E-state index contributed by atoms with van der Waals surface area (Å²) >= 11 is 0. The van der Waals surface area contributed by atoms with Crippen molar-refractivity contribution in [3.63, 3.8) is 0 Å². The molecular formula is C26H29FN6O4. The fraction of sp³-hybridized carbons (Fsp3) is 0.385. The van der Waals surface area contributed by atoms with Crippen molar-refractivity contribution in [1.29, 1.82) is 0 Å². The average molecular weight is 509 g/mol. The Morgan fingerprint density at radius 1 is 1.24 bits per heavy atom. The minimum absolute atomic E-state index is 0.233.